The molecule has 1 saturated heterocycles. The summed E-state index contributed by atoms with van der Waals surface area (Å²) in [6.45, 7) is 2.09. The summed E-state index contributed by atoms with van der Waals surface area (Å²) in [5, 5.41) is -0.827. The van der Waals surface area contributed by atoms with Crippen LogP contribution in [0, 0.1) is 0 Å². The molecule has 3 aromatic carbocycles. The van der Waals surface area contributed by atoms with Crippen LogP contribution in [0.4, 0.5) is 0 Å². The van der Waals surface area contributed by atoms with E-state index in [1.165, 1.54) is 16.7 Å². The zero-order chi connectivity index (χ0) is 25.0. The van der Waals surface area contributed by atoms with Crippen molar-refractivity contribution in [2.24, 2.45) is 0 Å². The number of sulfonamides is 1. The SMILES string of the molecule is O=C1CC(c2ccc(CN(Cc3ccc(-c4ccccc4)cc3)Cc3ccccn3)cc2)S(=O)(=O)N1. The van der Waals surface area contributed by atoms with Crippen molar-refractivity contribution in [2.75, 3.05) is 0 Å². The summed E-state index contributed by atoms with van der Waals surface area (Å²) in [5.74, 6) is -0.455. The van der Waals surface area contributed by atoms with Crippen LogP contribution < -0.4 is 4.72 Å². The number of aromatic nitrogens is 1. The van der Waals surface area contributed by atoms with Gasteiger partial charge in [-0.25, -0.2) is 8.42 Å². The molecule has 1 fully saturated rings. The lowest BCUT2D eigenvalue weighted by Crippen LogP contribution is -2.23. The zero-order valence-electron chi connectivity index (χ0n) is 19.7. The largest absolute Gasteiger partial charge is 0.289 e. The summed E-state index contributed by atoms with van der Waals surface area (Å²) in [7, 11) is -3.65. The standard InChI is InChI=1S/C29H27N3O3S/c33-29-18-28(36(34,35)31-29)26-15-11-23(12-16-26)20-32(21-27-8-4-5-17-30-27)19-22-9-13-25(14-10-22)24-6-2-1-3-7-24/h1-17,28H,18-21H2,(H,31,33). The van der Waals surface area contributed by atoms with Gasteiger partial charge in [0.1, 0.15) is 5.25 Å². The first-order valence-corrected chi connectivity index (χ1v) is 13.4. The number of hydrogen-bond donors (Lipinski definition) is 1. The Hall–Kier alpha value is -3.81. The van der Waals surface area contributed by atoms with E-state index in [-0.39, 0.29) is 6.42 Å². The third-order valence-corrected chi connectivity index (χ3v) is 8.04. The summed E-state index contributed by atoms with van der Waals surface area (Å²) in [5.41, 5.74) is 6.24. The Labute approximate surface area is 211 Å². The first kappa shape index (κ1) is 23.9. The smallest absolute Gasteiger partial charge is 0.242 e. The van der Waals surface area contributed by atoms with Gasteiger partial charge < -0.3 is 0 Å². The van der Waals surface area contributed by atoms with E-state index in [9.17, 15) is 13.2 Å². The number of carbonyl (C=O) groups excluding carboxylic acids is 1. The molecule has 182 valence electrons. The first-order valence-electron chi connectivity index (χ1n) is 11.9. The summed E-state index contributed by atoms with van der Waals surface area (Å²) in [6.07, 6.45) is 1.76. The van der Waals surface area contributed by atoms with E-state index in [1.54, 1.807) is 6.20 Å². The fraction of sp³-hybridized carbons (Fsp3) is 0.172. The van der Waals surface area contributed by atoms with Gasteiger partial charge >= 0.3 is 0 Å². The van der Waals surface area contributed by atoms with Crippen molar-refractivity contribution in [2.45, 2.75) is 31.3 Å². The van der Waals surface area contributed by atoms with Gasteiger partial charge in [-0.1, -0.05) is 84.9 Å². The van der Waals surface area contributed by atoms with Crippen molar-refractivity contribution in [1.29, 1.82) is 0 Å². The molecule has 1 amide bonds. The lowest BCUT2D eigenvalue weighted by atomic mass is 10.0. The topological polar surface area (TPSA) is 79.4 Å². The van der Waals surface area contributed by atoms with E-state index in [1.807, 2.05) is 60.7 Å². The predicted molar refractivity (Wildman–Crippen MR) is 140 cm³/mol. The van der Waals surface area contributed by atoms with Gasteiger partial charge in [0.25, 0.3) is 0 Å². The fourth-order valence-corrected chi connectivity index (χ4v) is 5.95. The van der Waals surface area contributed by atoms with E-state index in [0.29, 0.717) is 18.7 Å². The van der Waals surface area contributed by atoms with E-state index < -0.39 is 21.2 Å². The second kappa shape index (κ2) is 10.4. The van der Waals surface area contributed by atoms with Crippen LogP contribution in [0.5, 0.6) is 0 Å². The second-order valence-electron chi connectivity index (χ2n) is 9.03. The Balaban J connectivity index is 1.33. The number of benzene rings is 3. The Morgan fingerprint density at radius 2 is 1.36 bits per heavy atom. The van der Waals surface area contributed by atoms with Crippen LogP contribution in [0.1, 0.15) is 34.1 Å². The fourth-order valence-electron chi connectivity index (χ4n) is 4.52. The Kier molecular flexibility index (Phi) is 6.93. The van der Waals surface area contributed by atoms with Crippen LogP contribution in [-0.4, -0.2) is 24.2 Å². The maximum Gasteiger partial charge on any atom is 0.242 e. The van der Waals surface area contributed by atoms with Gasteiger partial charge in [-0.15, -0.1) is 0 Å². The quantitative estimate of drug-likeness (QED) is 0.377. The molecule has 4 aromatic rings. The summed E-state index contributed by atoms with van der Waals surface area (Å²) < 4.78 is 26.5. The normalized spacial score (nSPS) is 16.7. The maximum absolute atomic E-state index is 12.2. The van der Waals surface area contributed by atoms with Gasteiger partial charge in [0, 0.05) is 25.8 Å². The highest BCUT2D eigenvalue weighted by Gasteiger charge is 2.37. The third-order valence-electron chi connectivity index (χ3n) is 6.34. The van der Waals surface area contributed by atoms with Gasteiger partial charge in [-0.2, -0.15) is 0 Å². The van der Waals surface area contributed by atoms with Gasteiger partial charge in [0.05, 0.1) is 12.1 Å². The highest BCUT2D eigenvalue weighted by Crippen LogP contribution is 2.30. The van der Waals surface area contributed by atoms with E-state index >= 15 is 0 Å². The lowest BCUT2D eigenvalue weighted by molar-refractivity contribution is -0.118. The molecule has 6 nitrogen and oxygen atoms in total. The van der Waals surface area contributed by atoms with Gasteiger partial charge in [0.15, 0.2) is 0 Å². The van der Waals surface area contributed by atoms with Crippen molar-refractivity contribution in [3.63, 3.8) is 0 Å². The van der Waals surface area contributed by atoms with E-state index in [2.05, 4.69) is 51.0 Å². The van der Waals surface area contributed by atoms with Crippen molar-refractivity contribution in [3.8, 4) is 11.1 Å². The molecule has 1 aromatic heterocycles. The molecule has 0 saturated carbocycles. The van der Waals surface area contributed by atoms with E-state index in [4.69, 9.17) is 0 Å². The third kappa shape index (κ3) is 5.70. The molecule has 1 aliphatic rings. The van der Waals surface area contributed by atoms with Crippen molar-refractivity contribution >= 4 is 15.9 Å². The average Bonchev–Trinajstić information content (AvgIpc) is 3.17. The first-order chi connectivity index (χ1) is 17.5. The van der Waals surface area contributed by atoms with Crippen LogP contribution in [0.3, 0.4) is 0 Å². The highest BCUT2D eigenvalue weighted by molar-refractivity contribution is 7.90. The zero-order valence-corrected chi connectivity index (χ0v) is 20.6. The van der Waals surface area contributed by atoms with Crippen molar-refractivity contribution < 1.29 is 13.2 Å². The highest BCUT2D eigenvalue weighted by atomic mass is 32.2. The van der Waals surface area contributed by atoms with E-state index in [0.717, 1.165) is 17.8 Å². The Morgan fingerprint density at radius 3 is 1.94 bits per heavy atom. The number of rotatable bonds is 8. The molecule has 1 N–H and O–H groups in total. The molecule has 0 bridgehead atoms. The molecule has 0 radical (unpaired) electrons. The van der Waals surface area contributed by atoms with Gasteiger partial charge in [0.2, 0.25) is 15.9 Å². The van der Waals surface area contributed by atoms with Crippen molar-refractivity contribution in [3.05, 3.63) is 126 Å². The molecule has 5 rings (SSSR count). The molecule has 0 spiro atoms. The number of nitrogens with zero attached hydrogens (tertiary/aromatic N) is 2. The van der Waals surface area contributed by atoms with Crippen LogP contribution in [0.2, 0.25) is 0 Å². The summed E-state index contributed by atoms with van der Waals surface area (Å²) >= 11 is 0. The molecular weight excluding hydrogens is 470 g/mol. The molecule has 7 heteroatoms. The molecule has 36 heavy (non-hydrogen) atoms. The van der Waals surface area contributed by atoms with Crippen LogP contribution in [0.15, 0.2) is 103 Å². The van der Waals surface area contributed by atoms with Gasteiger partial charge in [-0.3, -0.25) is 19.4 Å². The van der Waals surface area contributed by atoms with Crippen LogP contribution in [-0.2, 0) is 34.5 Å². The minimum absolute atomic E-state index is 0.0353. The number of carbonyl (C=O) groups is 1. The number of hydrogen-bond acceptors (Lipinski definition) is 5. The monoisotopic (exact) mass is 497 g/mol. The molecule has 1 aliphatic heterocycles. The molecule has 2 heterocycles. The molecule has 0 aliphatic carbocycles. The predicted octanol–water partition coefficient (Wildman–Crippen LogP) is 4.84. The minimum atomic E-state index is -3.65. The maximum atomic E-state index is 12.2. The van der Waals surface area contributed by atoms with Crippen molar-refractivity contribution in [1.82, 2.24) is 14.6 Å². The van der Waals surface area contributed by atoms with Gasteiger partial charge in [-0.05, 0) is 39.9 Å². The minimum Gasteiger partial charge on any atom is -0.289 e. The summed E-state index contributed by atoms with van der Waals surface area (Å²) in [6, 6.07) is 32.3. The van der Waals surface area contributed by atoms with Crippen LogP contribution >= 0.6 is 0 Å². The number of nitrogens with one attached hydrogen (secondary N) is 1. The Morgan fingerprint density at radius 1 is 0.750 bits per heavy atom. The average molecular weight is 498 g/mol. The number of amides is 1. The second-order valence-corrected chi connectivity index (χ2v) is 10.9. The summed E-state index contributed by atoms with van der Waals surface area (Å²) in [4.78, 5) is 18.4. The molecule has 1 unspecified atom stereocenters. The Bertz CT molecular complexity index is 1420. The number of pyridine rings is 1. The van der Waals surface area contributed by atoms with Crippen LogP contribution in [0.25, 0.3) is 11.1 Å². The molecular formula is C29H27N3O3S. The lowest BCUT2D eigenvalue weighted by Gasteiger charge is -2.23. The molecule has 1 atom stereocenters.